The molecule has 0 N–H and O–H groups in total. The molecule has 3 heteroatoms. The molecule has 0 spiro atoms. The van der Waals surface area contributed by atoms with Crippen molar-refractivity contribution in [2.24, 2.45) is 17.3 Å². The first kappa shape index (κ1) is 13.0. The van der Waals surface area contributed by atoms with E-state index in [0.29, 0.717) is 0 Å². The highest BCUT2D eigenvalue weighted by Gasteiger charge is 2.33. The molecule has 0 saturated carbocycles. The highest BCUT2D eigenvalue weighted by atomic mass is 16.2. The van der Waals surface area contributed by atoms with E-state index in [1.165, 1.54) is 0 Å². The second-order valence-corrected chi connectivity index (χ2v) is 5.88. The number of nitrogens with zero attached hydrogens (tertiary/aromatic N) is 2. The van der Waals surface area contributed by atoms with E-state index in [1.807, 2.05) is 18.7 Å². The highest BCUT2D eigenvalue weighted by Crippen LogP contribution is 2.29. The molecule has 0 radical (unpaired) electrons. The maximum Gasteiger partial charge on any atom is 0.240 e. The van der Waals surface area contributed by atoms with Crippen LogP contribution in [0.25, 0.3) is 0 Å². The van der Waals surface area contributed by atoms with E-state index in [9.17, 15) is 4.79 Å². The second kappa shape index (κ2) is 4.86. The number of amides is 1. The molecule has 1 atom stereocenters. The number of carbonyl (C=O) groups excluding carboxylic acids is 1. The summed E-state index contributed by atoms with van der Waals surface area (Å²) in [6, 6.07) is 2.13. The molecular weight excluding hydrogens is 200 g/mol. The molecule has 1 aliphatic rings. The van der Waals surface area contributed by atoms with E-state index < -0.39 is 5.92 Å². The highest BCUT2D eigenvalue weighted by molar-refractivity contribution is 5.81. The Hall–Kier alpha value is -1.04. The molecule has 1 fully saturated rings. The first-order valence-corrected chi connectivity index (χ1v) is 6.06. The summed E-state index contributed by atoms with van der Waals surface area (Å²) in [5.74, 6) is -0.360. The van der Waals surface area contributed by atoms with Gasteiger partial charge in [-0.25, -0.2) is 0 Å². The van der Waals surface area contributed by atoms with Crippen molar-refractivity contribution in [3.8, 4) is 6.07 Å². The van der Waals surface area contributed by atoms with Gasteiger partial charge in [-0.3, -0.25) is 4.79 Å². The molecular formula is C13H22N2O. The average molecular weight is 222 g/mol. The lowest BCUT2D eigenvalue weighted by Crippen LogP contribution is -2.46. The number of piperidine rings is 1. The molecule has 1 rings (SSSR count). The van der Waals surface area contributed by atoms with Gasteiger partial charge in [0.1, 0.15) is 5.92 Å². The van der Waals surface area contributed by atoms with Gasteiger partial charge in [-0.2, -0.15) is 5.26 Å². The fourth-order valence-corrected chi connectivity index (χ4v) is 2.30. The van der Waals surface area contributed by atoms with Crippen molar-refractivity contribution in [2.75, 3.05) is 13.1 Å². The van der Waals surface area contributed by atoms with Crippen LogP contribution < -0.4 is 0 Å². The van der Waals surface area contributed by atoms with E-state index in [0.717, 1.165) is 25.9 Å². The largest absolute Gasteiger partial charge is 0.341 e. The van der Waals surface area contributed by atoms with E-state index >= 15 is 0 Å². The minimum absolute atomic E-state index is 0.0188. The standard InChI is InChI=1S/C13H22N2O/c1-10(2)11(8-14)12(16)15-7-5-6-13(3,4)9-15/h10-11H,5-7,9H2,1-4H3. The molecule has 3 nitrogen and oxygen atoms in total. The lowest BCUT2D eigenvalue weighted by molar-refractivity contribution is -0.138. The van der Waals surface area contributed by atoms with Crippen LogP contribution in [0.5, 0.6) is 0 Å². The summed E-state index contributed by atoms with van der Waals surface area (Å²) in [5.41, 5.74) is 0.199. The summed E-state index contributed by atoms with van der Waals surface area (Å²) >= 11 is 0. The number of hydrogen-bond donors (Lipinski definition) is 0. The van der Waals surface area contributed by atoms with Crippen molar-refractivity contribution >= 4 is 5.91 Å². The number of rotatable bonds is 2. The summed E-state index contributed by atoms with van der Waals surface area (Å²) in [7, 11) is 0. The third kappa shape index (κ3) is 2.98. The fourth-order valence-electron chi connectivity index (χ4n) is 2.30. The lowest BCUT2D eigenvalue weighted by Gasteiger charge is -2.39. The van der Waals surface area contributed by atoms with Crippen molar-refractivity contribution < 1.29 is 4.79 Å². The maximum atomic E-state index is 12.2. The molecule has 0 aromatic heterocycles. The van der Waals surface area contributed by atoms with Crippen LogP contribution in [-0.2, 0) is 4.79 Å². The Morgan fingerprint density at radius 1 is 1.44 bits per heavy atom. The molecule has 1 saturated heterocycles. The Balaban J connectivity index is 2.71. The van der Waals surface area contributed by atoms with E-state index in [-0.39, 0.29) is 17.2 Å². The van der Waals surface area contributed by atoms with Crippen LogP contribution in [0.15, 0.2) is 0 Å². The molecule has 0 aromatic carbocycles. The molecule has 1 unspecified atom stereocenters. The van der Waals surface area contributed by atoms with Gasteiger partial charge in [0.05, 0.1) is 6.07 Å². The van der Waals surface area contributed by atoms with Crippen LogP contribution in [0.4, 0.5) is 0 Å². The molecule has 0 aliphatic carbocycles. The average Bonchev–Trinajstić information content (AvgIpc) is 2.16. The van der Waals surface area contributed by atoms with Gasteiger partial charge >= 0.3 is 0 Å². The van der Waals surface area contributed by atoms with Gasteiger partial charge in [0, 0.05) is 13.1 Å². The Morgan fingerprint density at radius 3 is 2.50 bits per heavy atom. The van der Waals surface area contributed by atoms with E-state index in [1.54, 1.807) is 0 Å². The van der Waals surface area contributed by atoms with Crippen molar-refractivity contribution in [1.29, 1.82) is 5.26 Å². The summed E-state index contributed by atoms with van der Waals surface area (Å²) in [6.45, 7) is 9.83. The first-order valence-electron chi connectivity index (χ1n) is 6.06. The van der Waals surface area contributed by atoms with Gasteiger partial charge < -0.3 is 4.90 Å². The van der Waals surface area contributed by atoms with E-state index in [2.05, 4.69) is 19.9 Å². The number of likely N-dealkylation sites (tertiary alicyclic amines) is 1. The lowest BCUT2D eigenvalue weighted by atomic mass is 9.83. The number of carbonyl (C=O) groups is 1. The van der Waals surface area contributed by atoms with Crippen LogP contribution in [0, 0.1) is 28.6 Å². The minimum atomic E-state index is -0.478. The summed E-state index contributed by atoms with van der Waals surface area (Å²) in [6.07, 6.45) is 2.21. The van der Waals surface area contributed by atoms with Crippen LogP contribution >= 0.6 is 0 Å². The molecule has 90 valence electrons. The Labute approximate surface area is 98.4 Å². The Morgan fingerprint density at radius 2 is 2.06 bits per heavy atom. The molecule has 0 aromatic rings. The van der Waals surface area contributed by atoms with Gasteiger partial charge in [0.25, 0.3) is 0 Å². The predicted molar refractivity (Wildman–Crippen MR) is 63.5 cm³/mol. The van der Waals surface area contributed by atoms with Gasteiger partial charge in [0.2, 0.25) is 5.91 Å². The molecule has 16 heavy (non-hydrogen) atoms. The van der Waals surface area contributed by atoms with Gasteiger partial charge in [-0.1, -0.05) is 27.7 Å². The van der Waals surface area contributed by atoms with Crippen molar-refractivity contribution in [3.63, 3.8) is 0 Å². The zero-order valence-corrected chi connectivity index (χ0v) is 10.8. The zero-order chi connectivity index (χ0) is 12.3. The molecule has 0 bridgehead atoms. The number of nitriles is 1. The first-order chi connectivity index (χ1) is 7.37. The van der Waals surface area contributed by atoms with E-state index in [4.69, 9.17) is 5.26 Å². The van der Waals surface area contributed by atoms with Crippen LogP contribution in [-0.4, -0.2) is 23.9 Å². The third-order valence-electron chi connectivity index (χ3n) is 3.28. The van der Waals surface area contributed by atoms with Gasteiger partial charge in [-0.05, 0) is 24.2 Å². The van der Waals surface area contributed by atoms with Crippen LogP contribution in [0.3, 0.4) is 0 Å². The quantitative estimate of drug-likeness (QED) is 0.720. The third-order valence-corrected chi connectivity index (χ3v) is 3.28. The summed E-state index contributed by atoms with van der Waals surface area (Å²) in [5, 5.41) is 9.03. The Kier molecular flexibility index (Phi) is 3.96. The zero-order valence-electron chi connectivity index (χ0n) is 10.8. The maximum absolute atomic E-state index is 12.2. The summed E-state index contributed by atoms with van der Waals surface area (Å²) in [4.78, 5) is 14.0. The minimum Gasteiger partial charge on any atom is -0.341 e. The van der Waals surface area contributed by atoms with Crippen LogP contribution in [0.1, 0.15) is 40.5 Å². The molecule has 1 amide bonds. The van der Waals surface area contributed by atoms with Crippen LogP contribution in [0.2, 0.25) is 0 Å². The fraction of sp³-hybridized carbons (Fsp3) is 0.846. The SMILES string of the molecule is CC(C)C(C#N)C(=O)N1CCCC(C)(C)C1. The van der Waals surface area contributed by atoms with Crippen molar-refractivity contribution in [3.05, 3.63) is 0 Å². The molecule has 1 aliphatic heterocycles. The van der Waals surface area contributed by atoms with Gasteiger partial charge in [0.15, 0.2) is 0 Å². The molecule has 1 heterocycles. The van der Waals surface area contributed by atoms with Crippen molar-refractivity contribution in [2.45, 2.75) is 40.5 Å². The van der Waals surface area contributed by atoms with Gasteiger partial charge in [-0.15, -0.1) is 0 Å². The monoisotopic (exact) mass is 222 g/mol. The Bertz CT molecular complexity index is 302. The smallest absolute Gasteiger partial charge is 0.240 e. The number of hydrogen-bond acceptors (Lipinski definition) is 2. The summed E-state index contributed by atoms with van der Waals surface area (Å²) < 4.78 is 0. The normalized spacial score (nSPS) is 21.6. The second-order valence-electron chi connectivity index (χ2n) is 5.88. The topological polar surface area (TPSA) is 44.1 Å². The predicted octanol–water partition coefficient (Wildman–Crippen LogP) is 2.43. The van der Waals surface area contributed by atoms with Crippen molar-refractivity contribution in [1.82, 2.24) is 4.90 Å².